The molecule has 2 N–H and O–H groups in total. The highest BCUT2D eigenvalue weighted by Gasteiger charge is 2.23. The van der Waals surface area contributed by atoms with Crippen molar-refractivity contribution in [1.29, 1.82) is 0 Å². The molecule has 1 aromatic carbocycles. The monoisotopic (exact) mass is 429 g/mol. The summed E-state index contributed by atoms with van der Waals surface area (Å²) < 4.78 is 2.28. The van der Waals surface area contributed by atoms with E-state index in [1.807, 2.05) is 13.8 Å². The lowest BCUT2D eigenvalue weighted by molar-refractivity contribution is 0.102. The molecule has 0 fully saturated rings. The summed E-state index contributed by atoms with van der Waals surface area (Å²) >= 11 is 3.38. The molecule has 0 saturated heterocycles. The predicted octanol–water partition coefficient (Wildman–Crippen LogP) is 4.08. The van der Waals surface area contributed by atoms with Gasteiger partial charge in [-0.15, -0.1) is 0 Å². The van der Waals surface area contributed by atoms with Gasteiger partial charge in [-0.2, -0.15) is 0 Å². The highest BCUT2D eigenvalue weighted by molar-refractivity contribution is 9.10. The van der Waals surface area contributed by atoms with E-state index in [0.29, 0.717) is 23.3 Å². The SMILES string of the molecule is Cc1cccnc1NC(=O)c1c(O)c2cc(Br)ccc2n(CC(C)C)c1=O. The van der Waals surface area contributed by atoms with Crippen LogP contribution in [0, 0.1) is 12.8 Å². The Morgan fingerprint density at radius 2 is 2.07 bits per heavy atom. The highest BCUT2D eigenvalue weighted by Crippen LogP contribution is 2.30. The Hall–Kier alpha value is -2.67. The van der Waals surface area contributed by atoms with Gasteiger partial charge >= 0.3 is 0 Å². The number of benzene rings is 1. The number of fused-ring (bicyclic) bond motifs is 1. The van der Waals surface area contributed by atoms with Crippen LogP contribution in [0.15, 0.2) is 45.8 Å². The van der Waals surface area contributed by atoms with Crippen LogP contribution in [-0.2, 0) is 6.54 Å². The number of aromatic hydroxyl groups is 1. The first-order valence-corrected chi connectivity index (χ1v) is 9.37. The summed E-state index contributed by atoms with van der Waals surface area (Å²) in [7, 11) is 0. The molecule has 0 aliphatic carbocycles. The van der Waals surface area contributed by atoms with Gasteiger partial charge in [0.25, 0.3) is 11.5 Å². The number of pyridine rings is 2. The molecule has 0 unspecified atom stereocenters. The number of carbonyl (C=O) groups excluding carboxylic acids is 1. The molecular formula is C20H20BrN3O3. The van der Waals surface area contributed by atoms with E-state index in [-0.39, 0.29) is 17.2 Å². The number of halogens is 1. The summed E-state index contributed by atoms with van der Waals surface area (Å²) in [4.78, 5) is 30.0. The molecule has 1 amide bonds. The van der Waals surface area contributed by atoms with Crippen molar-refractivity contribution in [2.45, 2.75) is 27.3 Å². The molecule has 6 nitrogen and oxygen atoms in total. The number of amides is 1. The zero-order valence-electron chi connectivity index (χ0n) is 15.3. The van der Waals surface area contributed by atoms with Gasteiger partial charge in [0.2, 0.25) is 0 Å². The van der Waals surface area contributed by atoms with Crippen molar-refractivity contribution < 1.29 is 9.90 Å². The second kappa shape index (κ2) is 7.52. The van der Waals surface area contributed by atoms with Gasteiger partial charge in [-0.05, 0) is 42.7 Å². The number of hydrogen-bond donors (Lipinski definition) is 2. The second-order valence-corrected chi connectivity index (χ2v) is 7.73. The fraction of sp³-hybridized carbons (Fsp3) is 0.250. The van der Waals surface area contributed by atoms with E-state index >= 15 is 0 Å². The maximum Gasteiger partial charge on any atom is 0.267 e. The fourth-order valence-electron chi connectivity index (χ4n) is 2.95. The predicted molar refractivity (Wildman–Crippen MR) is 109 cm³/mol. The second-order valence-electron chi connectivity index (χ2n) is 6.82. The summed E-state index contributed by atoms with van der Waals surface area (Å²) in [6, 6.07) is 8.81. The van der Waals surface area contributed by atoms with Crippen LogP contribution in [0.2, 0.25) is 0 Å². The number of anilines is 1. The first-order valence-electron chi connectivity index (χ1n) is 8.57. The maximum absolute atomic E-state index is 13.1. The Kier molecular flexibility index (Phi) is 5.32. The molecule has 0 bridgehead atoms. The Balaban J connectivity index is 2.21. The number of aryl methyl sites for hydroxylation is 1. The molecule has 0 atom stereocenters. The fourth-order valence-corrected chi connectivity index (χ4v) is 3.31. The third kappa shape index (κ3) is 3.73. The summed E-state index contributed by atoms with van der Waals surface area (Å²) in [5.41, 5.74) is 0.532. The Labute approximate surface area is 165 Å². The van der Waals surface area contributed by atoms with Gasteiger partial charge in [-0.3, -0.25) is 9.59 Å². The summed E-state index contributed by atoms with van der Waals surface area (Å²) in [5.74, 6) is -0.472. The van der Waals surface area contributed by atoms with Crippen molar-refractivity contribution >= 4 is 38.6 Å². The lowest BCUT2D eigenvalue weighted by atomic mass is 10.1. The van der Waals surface area contributed by atoms with Crippen LogP contribution >= 0.6 is 15.9 Å². The summed E-state index contributed by atoms with van der Waals surface area (Å²) in [6.45, 7) is 6.21. The molecule has 0 spiro atoms. The number of rotatable bonds is 4. The average Bonchev–Trinajstić information content (AvgIpc) is 2.60. The van der Waals surface area contributed by atoms with E-state index in [0.717, 1.165) is 10.0 Å². The number of hydrogen-bond acceptors (Lipinski definition) is 4. The lowest BCUT2D eigenvalue weighted by Gasteiger charge is -2.17. The van der Waals surface area contributed by atoms with Crippen molar-refractivity contribution in [3.63, 3.8) is 0 Å². The molecule has 2 heterocycles. The van der Waals surface area contributed by atoms with Gasteiger partial charge in [-0.1, -0.05) is 35.8 Å². The van der Waals surface area contributed by atoms with Gasteiger partial charge in [0.1, 0.15) is 17.1 Å². The molecule has 0 aliphatic heterocycles. The topological polar surface area (TPSA) is 84.2 Å². The Morgan fingerprint density at radius 1 is 1.33 bits per heavy atom. The molecule has 2 aromatic heterocycles. The van der Waals surface area contributed by atoms with Crippen molar-refractivity contribution in [2.24, 2.45) is 5.92 Å². The van der Waals surface area contributed by atoms with Crippen LogP contribution in [0.5, 0.6) is 5.75 Å². The largest absolute Gasteiger partial charge is 0.506 e. The van der Waals surface area contributed by atoms with E-state index in [1.54, 1.807) is 43.5 Å². The van der Waals surface area contributed by atoms with Gasteiger partial charge in [0.15, 0.2) is 0 Å². The smallest absolute Gasteiger partial charge is 0.267 e. The minimum atomic E-state index is -0.682. The molecule has 0 aliphatic rings. The molecule has 7 heteroatoms. The lowest BCUT2D eigenvalue weighted by Crippen LogP contribution is -2.31. The Bertz CT molecular complexity index is 1090. The number of nitrogens with one attached hydrogen (secondary N) is 1. The third-order valence-corrected chi connectivity index (χ3v) is 4.71. The number of aromatic nitrogens is 2. The molecule has 3 aromatic rings. The zero-order chi connectivity index (χ0) is 19.7. The van der Waals surface area contributed by atoms with Crippen molar-refractivity contribution in [3.8, 4) is 5.75 Å². The standard InChI is InChI=1S/C20H20BrN3O3/c1-11(2)10-24-15-7-6-13(21)9-14(15)17(25)16(20(24)27)19(26)23-18-12(3)5-4-8-22-18/h4-9,11,25H,10H2,1-3H3,(H,22,23,26). The van der Waals surface area contributed by atoms with Crippen molar-refractivity contribution in [2.75, 3.05) is 5.32 Å². The minimum Gasteiger partial charge on any atom is -0.506 e. The van der Waals surface area contributed by atoms with Crippen molar-refractivity contribution in [1.82, 2.24) is 9.55 Å². The molecule has 3 rings (SSSR count). The van der Waals surface area contributed by atoms with Crippen LogP contribution in [0.1, 0.15) is 29.8 Å². The normalized spacial score (nSPS) is 11.1. The van der Waals surface area contributed by atoms with Crippen LogP contribution in [0.3, 0.4) is 0 Å². The van der Waals surface area contributed by atoms with E-state index < -0.39 is 11.5 Å². The first-order chi connectivity index (χ1) is 12.8. The molecular weight excluding hydrogens is 410 g/mol. The van der Waals surface area contributed by atoms with Crippen LogP contribution < -0.4 is 10.9 Å². The molecule has 140 valence electrons. The van der Waals surface area contributed by atoms with Crippen LogP contribution in [0.4, 0.5) is 5.82 Å². The zero-order valence-corrected chi connectivity index (χ0v) is 16.9. The Morgan fingerprint density at radius 3 is 2.74 bits per heavy atom. The van der Waals surface area contributed by atoms with Gasteiger partial charge in [0, 0.05) is 22.6 Å². The number of nitrogens with zero attached hydrogens (tertiary/aromatic N) is 2. The van der Waals surface area contributed by atoms with E-state index in [9.17, 15) is 14.7 Å². The van der Waals surface area contributed by atoms with Gasteiger partial charge < -0.3 is 15.0 Å². The van der Waals surface area contributed by atoms with E-state index in [2.05, 4.69) is 26.2 Å². The maximum atomic E-state index is 13.1. The molecule has 0 radical (unpaired) electrons. The third-order valence-electron chi connectivity index (χ3n) is 4.22. The van der Waals surface area contributed by atoms with Gasteiger partial charge in [0.05, 0.1) is 5.52 Å². The van der Waals surface area contributed by atoms with E-state index in [4.69, 9.17) is 0 Å². The van der Waals surface area contributed by atoms with E-state index in [1.165, 1.54) is 4.57 Å². The highest BCUT2D eigenvalue weighted by atomic mass is 79.9. The van der Waals surface area contributed by atoms with Crippen LogP contribution in [-0.4, -0.2) is 20.6 Å². The number of carbonyl (C=O) groups is 1. The van der Waals surface area contributed by atoms with Crippen molar-refractivity contribution in [3.05, 3.63) is 62.5 Å². The molecule has 0 saturated carbocycles. The van der Waals surface area contributed by atoms with Crippen LogP contribution in [0.25, 0.3) is 10.9 Å². The minimum absolute atomic E-state index is 0.188. The summed E-state index contributed by atoms with van der Waals surface area (Å²) in [5, 5.41) is 13.8. The summed E-state index contributed by atoms with van der Waals surface area (Å²) in [6.07, 6.45) is 1.55. The van der Waals surface area contributed by atoms with Gasteiger partial charge in [-0.25, -0.2) is 4.98 Å². The average molecular weight is 430 g/mol. The quantitative estimate of drug-likeness (QED) is 0.654. The first kappa shape index (κ1) is 19.1. The molecule has 27 heavy (non-hydrogen) atoms.